The molecule has 5 rings (SSSR count). The summed E-state index contributed by atoms with van der Waals surface area (Å²) in [4.78, 5) is 34.3. The van der Waals surface area contributed by atoms with Crippen molar-refractivity contribution in [2.24, 2.45) is 5.92 Å². The second-order valence-corrected chi connectivity index (χ2v) is 9.45. The fourth-order valence-corrected chi connectivity index (χ4v) is 5.08. The van der Waals surface area contributed by atoms with Gasteiger partial charge in [-0.25, -0.2) is 15.1 Å². The molecule has 3 aromatic rings. The smallest absolute Gasteiger partial charge is 0.267 e. The molecule has 10 heteroatoms. The summed E-state index contributed by atoms with van der Waals surface area (Å²) in [5.74, 6) is 0.638. The molecule has 1 amide bonds. The van der Waals surface area contributed by atoms with E-state index in [1.807, 2.05) is 56.6 Å². The van der Waals surface area contributed by atoms with Crippen molar-refractivity contribution in [1.29, 1.82) is 0 Å². The van der Waals surface area contributed by atoms with Crippen molar-refractivity contribution in [2.75, 3.05) is 26.3 Å². The molecule has 3 N–H and O–H groups in total. The van der Waals surface area contributed by atoms with Crippen molar-refractivity contribution in [3.63, 3.8) is 0 Å². The molecule has 0 aliphatic carbocycles. The van der Waals surface area contributed by atoms with Gasteiger partial charge in [0.2, 0.25) is 0 Å². The zero-order valence-corrected chi connectivity index (χ0v) is 23.7. The first-order valence-electron chi connectivity index (χ1n) is 14.0. The minimum Gasteiger partial charge on any atom is -0.381 e. The number of carbonyl (C=O) groups excluding carboxylic acids is 1. The van der Waals surface area contributed by atoms with E-state index in [0.717, 1.165) is 49.4 Å². The molecule has 2 atom stereocenters. The average molecular weight is 539 g/mol. The number of hydroxylamine groups is 1. The van der Waals surface area contributed by atoms with Crippen LogP contribution in [0.25, 0.3) is 17.1 Å². The highest BCUT2D eigenvalue weighted by Crippen LogP contribution is 2.32. The van der Waals surface area contributed by atoms with Crippen molar-refractivity contribution in [3.8, 4) is 0 Å². The van der Waals surface area contributed by atoms with Crippen LogP contribution in [0.15, 0.2) is 41.3 Å². The minimum absolute atomic E-state index is 0.129. The zero-order valence-electron chi connectivity index (χ0n) is 23.7. The average Bonchev–Trinajstić information content (AvgIpc) is 3.58. The van der Waals surface area contributed by atoms with Gasteiger partial charge in [0, 0.05) is 44.8 Å². The Hall–Kier alpha value is -3.34. The molecule has 0 unspecified atom stereocenters. The Labute approximate surface area is 230 Å². The van der Waals surface area contributed by atoms with Crippen LogP contribution in [-0.4, -0.2) is 62.1 Å². The number of amides is 1. The van der Waals surface area contributed by atoms with Gasteiger partial charge in [-0.15, -0.1) is 0 Å². The maximum absolute atomic E-state index is 12.8. The molecule has 2 aliphatic heterocycles. The lowest BCUT2D eigenvalue weighted by atomic mass is 9.97. The van der Waals surface area contributed by atoms with E-state index in [1.165, 1.54) is 6.08 Å². The Bertz CT molecular complexity index is 1280. The normalized spacial score (nSPS) is 19.8. The molecule has 0 radical (unpaired) electrons. The maximum atomic E-state index is 12.8. The van der Waals surface area contributed by atoms with Gasteiger partial charge in [0.25, 0.3) is 11.5 Å². The summed E-state index contributed by atoms with van der Waals surface area (Å²) in [7, 11) is 0. The van der Waals surface area contributed by atoms with Gasteiger partial charge >= 0.3 is 0 Å². The summed E-state index contributed by atoms with van der Waals surface area (Å²) in [6.45, 7) is 14.1. The predicted molar refractivity (Wildman–Crippen MR) is 153 cm³/mol. The second kappa shape index (κ2) is 14.7. The Balaban J connectivity index is 0.00000100. The first kappa shape index (κ1) is 30.2. The third kappa shape index (κ3) is 7.40. The number of benzene rings is 1. The van der Waals surface area contributed by atoms with E-state index in [-0.39, 0.29) is 17.5 Å². The highest BCUT2D eigenvalue weighted by Gasteiger charge is 2.33. The number of nitrogens with one attached hydrogen (secondary N) is 2. The second-order valence-electron chi connectivity index (χ2n) is 9.45. The molecule has 2 saturated heterocycles. The molecule has 39 heavy (non-hydrogen) atoms. The summed E-state index contributed by atoms with van der Waals surface area (Å²) in [5, 5.41) is 13.6. The summed E-state index contributed by atoms with van der Waals surface area (Å²) in [6.07, 6.45) is 6.29. The van der Waals surface area contributed by atoms with Crippen LogP contribution in [-0.2, 0) is 16.1 Å². The van der Waals surface area contributed by atoms with Crippen molar-refractivity contribution < 1.29 is 14.7 Å². The maximum Gasteiger partial charge on any atom is 0.267 e. The van der Waals surface area contributed by atoms with Crippen LogP contribution in [0.4, 0.5) is 0 Å². The molecular weight excluding hydrogens is 496 g/mol. The standard InChI is InChI=1S/C25H30N6O4.2C2H6/c1-16-13-30(14-18-4-2-17(3-5-18)6-7-22(32)29-34)15-21(16)23-27-24-20(25(33)28-23)12-26-31(24)19-8-10-35-11-9-19;2*1-2/h2-7,12,16,19,21,34H,8-11,13-15H2,1H3,(H,29,32)(H,27,28,33);2*1-2H3/b7-6+;;/t16-,21-;;/m1../s1. The van der Waals surface area contributed by atoms with Crippen molar-refractivity contribution in [1.82, 2.24) is 30.1 Å². The number of hydrogen-bond donors (Lipinski definition) is 3. The van der Waals surface area contributed by atoms with Gasteiger partial charge in [0.15, 0.2) is 5.65 Å². The fraction of sp³-hybridized carbons (Fsp3) is 0.517. The van der Waals surface area contributed by atoms with Crippen molar-refractivity contribution in [3.05, 3.63) is 63.8 Å². The summed E-state index contributed by atoms with van der Waals surface area (Å²) in [6, 6.07) is 8.16. The molecule has 2 fully saturated rings. The number of aromatic amines is 1. The zero-order chi connectivity index (χ0) is 28.4. The Morgan fingerprint density at radius 1 is 1.15 bits per heavy atom. The van der Waals surface area contributed by atoms with Gasteiger partial charge in [-0.2, -0.15) is 5.10 Å². The van der Waals surface area contributed by atoms with Crippen molar-refractivity contribution in [2.45, 2.75) is 66.0 Å². The summed E-state index contributed by atoms with van der Waals surface area (Å²) < 4.78 is 7.39. The SMILES string of the molecule is CC.CC.C[C@@H]1CN(Cc2ccc(/C=C/C(=O)NO)cc2)C[C@H]1c1nc2c(cnn2C2CCOCC2)c(=O)[nH]1. The number of likely N-dealkylation sites (tertiary alicyclic amines) is 1. The predicted octanol–water partition coefficient (Wildman–Crippen LogP) is 4.28. The number of carbonyl (C=O) groups is 1. The molecule has 2 aliphatic rings. The molecule has 212 valence electrons. The largest absolute Gasteiger partial charge is 0.381 e. The highest BCUT2D eigenvalue weighted by molar-refractivity contribution is 5.90. The van der Waals surface area contributed by atoms with E-state index in [1.54, 1.807) is 17.8 Å². The molecule has 10 nitrogen and oxygen atoms in total. The summed E-state index contributed by atoms with van der Waals surface area (Å²) >= 11 is 0. The van der Waals surface area contributed by atoms with Crippen molar-refractivity contribution >= 4 is 23.0 Å². The van der Waals surface area contributed by atoms with Crippen LogP contribution >= 0.6 is 0 Å². The number of fused-ring (bicyclic) bond motifs is 1. The Morgan fingerprint density at radius 3 is 2.51 bits per heavy atom. The number of aromatic nitrogens is 4. The van der Waals surface area contributed by atoms with Gasteiger partial charge in [-0.3, -0.25) is 19.7 Å². The van der Waals surface area contributed by atoms with Gasteiger partial charge in [0.05, 0.1) is 12.2 Å². The third-order valence-corrected chi connectivity index (χ3v) is 6.98. The third-order valence-electron chi connectivity index (χ3n) is 6.98. The van der Waals surface area contributed by atoms with E-state index < -0.39 is 5.91 Å². The molecule has 0 spiro atoms. The number of rotatable bonds is 6. The Kier molecular flexibility index (Phi) is 11.4. The van der Waals surface area contributed by atoms with Gasteiger partial charge in [0.1, 0.15) is 11.2 Å². The van der Waals surface area contributed by atoms with Crippen LogP contribution in [0, 0.1) is 5.92 Å². The first-order chi connectivity index (χ1) is 19.0. The molecule has 1 aromatic carbocycles. The van der Waals surface area contributed by atoms with Gasteiger partial charge in [-0.05, 0) is 36.0 Å². The van der Waals surface area contributed by atoms with Crippen LogP contribution < -0.4 is 11.0 Å². The van der Waals surface area contributed by atoms with Crippen LogP contribution in [0.1, 0.15) is 76.4 Å². The monoisotopic (exact) mass is 538 g/mol. The lowest BCUT2D eigenvalue weighted by Gasteiger charge is -2.23. The van der Waals surface area contributed by atoms with Gasteiger partial charge in [-0.1, -0.05) is 58.9 Å². The van der Waals surface area contributed by atoms with Crippen LogP contribution in [0.5, 0.6) is 0 Å². The van der Waals surface area contributed by atoms with Gasteiger partial charge < -0.3 is 9.72 Å². The number of hydrogen-bond acceptors (Lipinski definition) is 7. The number of H-pyrrole nitrogens is 1. The summed E-state index contributed by atoms with van der Waals surface area (Å²) in [5.41, 5.74) is 4.15. The molecular formula is C29H42N6O4. The lowest BCUT2D eigenvalue weighted by molar-refractivity contribution is -0.124. The first-order valence-corrected chi connectivity index (χ1v) is 14.0. The van der Waals surface area contributed by atoms with E-state index in [2.05, 4.69) is 21.9 Å². The quantitative estimate of drug-likeness (QED) is 0.243. The lowest BCUT2D eigenvalue weighted by Crippen LogP contribution is -2.23. The molecule has 4 heterocycles. The van der Waals surface area contributed by atoms with Crippen LogP contribution in [0.2, 0.25) is 0 Å². The minimum atomic E-state index is -0.563. The number of ether oxygens (including phenoxy) is 1. The highest BCUT2D eigenvalue weighted by atomic mass is 16.5. The van der Waals surface area contributed by atoms with E-state index in [4.69, 9.17) is 14.9 Å². The molecule has 0 saturated carbocycles. The van der Waals surface area contributed by atoms with Crippen LogP contribution in [0.3, 0.4) is 0 Å². The molecule has 2 aromatic heterocycles. The fourth-order valence-electron chi connectivity index (χ4n) is 5.08. The Morgan fingerprint density at radius 2 is 1.85 bits per heavy atom. The van der Waals surface area contributed by atoms with E-state index >= 15 is 0 Å². The van der Waals surface area contributed by atoms with E-state index in [0.29, 0.717) is 30.2 Å². The van der Waals surface area contributed by atoms with E-state index in [9.17, 15) is 9.59 Å². The topological polar surface area (TPSA) is 125 Å². The molecule has 0 bridgehead atoms. The number of nitrogens with zero attached hydrogens (tertiary/aromatic N) is 4.